The number of likely N-dealkylation sites (tertiary alicyclic amines) is 1. The van der Waals surface area contributed by atoms with Gasteiger partial charge in [-0.05, 0) is 43.9 Å². The lowest BCUT2D eigenvalue weighted by Gasteiger charge is -2.38. The molecule has 2 aromatic rings. The maximum Gasteiger partial charge on any atom is 0.289 e. The predicted octanol–water partition coefficient (Wildman–Crippen LogP) is 3.36. The lowest BCUT2D eigenvalue weighted by Crippen LogP contribution is -2.51. The Bertz CT molecular complexity index is 668. The summed E-state index contributed by atoms with van der Waals surface area (Å²) in [7, 11) is 0. The first-order valence-corrected chi connectivity index (χ1v) is 7.61. The predicted molar refractivity (Wildman–Crippen MR) is 90.5 cm³/mol. The number of carbonyl (C=O) groups is 1. The maximum atomic E-state index is 12.7. The van der Waals surface area contributed by atoms with Gasteiger partial charge in [0.1, 0.15) is 5.58 Å². The van der Waals surface area contributed by atoms with Gasteiger partial charge in [0, 0.05) is 24.5 Å². The highest BCUT2D eigenvalue weighted by atomic mass is 35.5. The van der Waals surface area contributed by atoms with E-state index >= 15 is 0 Å². The molecule has 22 heavy (non-hydrogen) atoms. The van der Waals surface area contributed by atoms with Crippen LogP contribution in [0.1, 0.15) is 35.9 Å². The zero-order chi connectivity index (χ0) is 15.0. The molecular weight excluding hydrogens is 300 g/mol. The topological polar surface area (TPSA) is 59.5 Å². The molecule has 0 saturated carbocycles. The molecule has 0 bridgehead atoms. The summed E-state index contributed by atoms with van der Waals surface area (Å²) in [5.41, 5.74) is 7.79. The van der Waals surface area contributed by atoms with Crippen molar-refractivity contribution >= 4 is 29.3 Å². The fourth-order valence-electron chi connectivity index (χ4n) is 3.27. The number of halogens is 1. The van der Waals surface area contributed by atoms with Crippen molar-refractivity contribution in [3.63, 3.8) is 0 Å². The van der Waals surface area contributed by atoms with Gasteiger partial charge in [-0.25, -0.2) is 0 Å². The molecular formula is C17H23ClN2O2. The average Bonchev–Trinajstić information content (AvgIpc) is 2.89. The molecule has 0 aliphatic carbocycles. The Balaban J connectivity index is 0.00000176. The van der Waals surface area contributed by atoms with Crippen molar-refractivity contribution < 1.29 is 9.21 Å². The fraction of sp³-hybridized carbons (Fsp3) is 0.471. The van der Waals surface area contributed by atoms with Gasteiger partial charge in [-0.2, -0.15) is 0 Å². The van der Waals surface area contributed by atoms with E-state index in [1.54, 1.807) is 0 Å². The van der Waals surface area contributed by atoms with Crippen LogP contribution in [0, 0.1) is 12.8 Å². The smallest absolute Gasteiger partial charge is 0.289 e. The number of nitrogens with two attached hydrogens (primary N) is 1. The highest BCUT2D eigenvalue weighted by Gasteiger charge is 2.32. The minimum absolute atomic E-state index is 0. The van der Waals surface area contributed by atoms with Crippen LogP contribution in [0.4, 0.5) is 0 Å². The van der Waals surface area contributed by atoms with Gasteiger partial charge in [0.25, 0.3) is 5.91 Å². The van der Waals surface area contributed by atoms with Crippen LogP contribution in [0.25, 0.3) is 11.0 Å². The van der Waals surface area contributed by atoms with Crippen molar-refractivity contribution in [2.24, 2.45) is 11.7 Å². The zero-order valence-electron chi connectivity index (χ0n) is 13.0. The van der Waals surface area contributed by atoms with Crippen LogP contribution < -0.4 is 5.73 Å². The molecule has 2 heterocycles. The number of amides is 1. The Hall–Kier alpha value is -1.52. The summed E-state index contributed by atoms with van der Waals surface area (Å²) in [6, 6.07) is 7.90. The van der Waals surface area contributed by atoms with Crippen LogP contribution in [0.3, 0.4) is 0 Å². The summed E-state index contributed by atoms with van der Waals surface area (Å²) in [4.78, 5) is 14.6. The lowest BCUT2D eigenvalue weighted by atomic mass is 9.90. The Morgan fingerprint density at radius 2 is 2.18 bits per heavy atom. The molecule has 5 heteroatoms. The number of nitrogens with zero attached hydrogens (tertiary/aromatic N) is 1. The molecule has 1 fully saturated rings. The van der Waals surface area contributed by atoms with Crippen molar-refractivity contribution in [1.29, 1.82) is 0 Å². The summed E-state index contributed by atoms with van der Waals surface area (Å²) in [6.07, 6.45) is 2.16. The van der Waals surface area contributed by atoms with Crippen LogP contribution in [-0.4, -0.2) is 29.9 Å². The number of hydrogen-bond donors (Lipinski definition) is 1. The van der Waals surface area contributed by atoms with Crippen LogP contribution in [-0.2, 0) is 0 Å². The summed E-state index contributed by atoms with van der Waals surface area (Å²) in [5, 5.41) is 0.979. The standard InChI is InChI=1S/C17H22N2O2.ClH/c1-11-5-6-15-13(8-11)9-16(21-15)17(20)19-7-3-4-12(2)14(19)10-18;/h5-6,8-9,12,14H,3-4,7,10,18H2,1-2H3;1H. The van der Waals surface area contributed by atoms with Crippen molar-refractivity contribution in [2.45, 2.75) is 32.7 Å². The first-order chi connectivity index (χ1) is 10.1. The fourth-order valence-corrected chi connectivity index (χ4v) is 3.27. The molecule has 120 valence electrons. The molecule has 3 rings (SSSR count). The third-order valence-corrected chi connectivity index (χ3v) is 4.50. The van der Waals surface area contributed by atoms with E-state index in [2.05, 4.69) is 6.92 Å². The van der Waals surface area contributed by atoms with E-state index < -0.39 is 0 Å². The van der Waals surface area contributed by atoms with Gasteiger partial charge < -0.3 is 15.1 Å². The first-order valence-electron chi connectivity index (χ1n) is 7.61. The number of fused-ring (bicyclic) bond motifs is 1. The number of aryl methyl sites for hydroxylation is 1. The van der Waals surface area contributed by atoms with E-state index in [9.17, 15) is 4.79 Å². The van der Waals surface area contributed by atoms with E-state index in [0.29, 0.717) is 18.2 Å². The van der Waals surface area contributed by atoms with Gasteiger partial charge in [-0.1, -0.05) is 18.6 Å². The van der Waals surface area contributed by atoms with Gasteiger partial charge in [0.15, 0.2) is 5.76 Å². The average molecular weight is 323 g/mol. The third kappa shape index (κ3) is 2.99. The number of carbonyl (C=O) groups excluding carboxylic acids is 1. The Labute approximate surface area is 137 Å². The van der Waals surface area contributed by atoms with E-state index in [0.717, 1.165) is 35.9 Å². The van der Waals surface area contributed by atoms with E-state index in [1.165, 1.54) is 0 Å². The SMILES string of the molecule is Cc1ccc2oc(C(=O)N3CCCC(C)C3CN)cc2c1.Cl. The summed E-state index contributed by atoms with van der Waals surface area (Å²) < 4.78 is 5.73. The van der Waals surface area contributed by atoms with Crippen molar-refractivity contribution in [3.8, 4) is 0 Å². The van der Waals surface area contributed by atoms with Crippen LogP contribution >= 0.6 is 12.4 Å². The number of piperidine rings is 1. The van der Waals surface area contributed by atoms with Crippen LogP contribution in [0.2, 0.25) is 0 Å². The van der Waals surface area contributed by atoms with Crippen LogP contribution in [0.5, 0.6) is 0 Å². The van der Waals surface area contributed by atoms with E-state index in [1.807, 2.05) is 36.1 Å². The molecule has 2 atom stereocenters. The third-order valence-electron chi connectivity index (χ3n) is 4.50. The molecule has 1 aromatic carbocycles. The summed E-state index contributed by atoms with van der Waals surface area (Å²) >= 11 is 0. The molecule has 1 amide bonds. The normalized spacial score (nSPS) is 21.7. The summed E-state index contributed by atoms with van der Waals surface area (Å²) in [5.74, 6) is 0.827. The second-order valence-electron chi connectivity index (χ2n) is 6.07. The van der Waals surface area contributed by atoms with Gasteiger partial charge in [0.05, 0.1) is 0 Å². The second-order valence-corrected chi connectivity index (χ2v) is 6.07. The highest BCUT2D eigenvalue weighted by molar-refractivity contribution is 5.96. The molecule has 1 aromatic heterocycles. The van der Waals surface area contributed by atoms with Gasteiger partial charge in [0.2, 0.25) is 0 Å². The number of hydrogen-bond acceptors (Lipinski definition) is 3. The molecule has 2 N–H and O–H groups in total. The molecule has 1 aliphatic heterocycles. The second kappa shape index (κ2) is 6.71. The zero-order valence-corrected chi connectivity index (χ0v) is 13.9. The first kappa shape index (κ1) is 16.8. The van der Waals surface area contributed by atoms with Crippen LogP contribution in [0.15, 0.2) is 28.7 Å². The number of rotatable bonds is 2. The van der Waals surface area contributed by atoms with Gasteiger partial charge in [-0.15, -0.1) is 12.4 Å². The largest absolute Gasteiger partial charge is 0.451 e. The molecule has 0 spiro atoms. The monoisotopic (exact) mass is 322 g/mol. The number of benzene rings is 1. The molecule has 1 saturated heterocycles. The van der Waals surface area contributed by atoms with Crippen molar-refractivity contribution in [2.75, 3.05) is 13.1 Å². The minimum Gasteiger partial charge on any atom is -0.451 e. The van der Waals surface area contributed by atoms with Gasteiger partial charge >= 0.3 is 0 Å². The van der Waals surface area contributed by atoms with E-state index in [4.69, 9.17) is 10.2 Å². The maximum absolute atomic E-state index is 12.7. The Morgan fingerprint density at radius 1 is 1.41 bits per heavy atom. The van der Waals surface area contributed by atoms with Gasteiger partial charge in [-0.3, -0.25) is 4.79 Å². The Kier molecular flexibility index (Phi) is 5.14. The number of furan rings is 1. The van der Waals surface area contributed by atoms with Crippen molar-refractivity contribution in [3.05, 3.63) is 35.6 Å². The molecule has 0 radical (unpaired) electrons. The molecule has 1 aliphatic rings. The highest BCUT2D eigenvalue weighted by Crippen LogP contribution is 2.27. The quantitative estimate of drug-likeness (QED) is 0.922. The minimum atomic E-state index is -0.0362. The van der Waals surface area contributed by atoms with E-state index in [-0.39, 0.29) is 24.4 Å². The summed E-state index contributed by atoms with van der Waals surface area (Å²) in [6.45, 7) is 5.47. The lowest BCUT2D eigenvalue weighted by molar-refractivity contribution is 0.0503. The Morgan fingerprint density at radius 3 is 2.91 bits per heavy atom. The molecule has 4 nitrogen and oxygen atoms in total. The molecule has 2 unspecified atom stereocenters. The van der Waals surface area contributed by atoms with Crippen molar-refractivity contribution in [1.82, 2.24) is 4.90 Å².